The molecule has 0 bridgehead atoms. The van der Waals surface area contributed by atoms with Crippen molar-refractivity contribution in [2.45, 2.75) is 223 Å². The molecule has 0 saturated carbocycles. The lowest BCUT2D eigenvalue weighted by atomic mass is 9.76. The molecular weight excluding hydrogens is 655 g/mol. The number of nitrogens with zero attached hydrogens (tertiary/aromatic N) is 1. The molecule has 0 spiro atoms. The van der Waals surface area contributed by atoms with E-state index >= 15 is 0 Å². The van der Waals surface area contributed by atoms with Crippen molar-refractivity contribution in [1.82, 2.24) is 4.90 Å². The van der Waals surface area contributed by atoms with Crippen LogP contribution in [-0.2, 0) is 19.1 Å². The summed E-state index contributed by atoms with van der Waals surface area (Å²) >= 11 is 0. The highest BCUT2D eigenvalue weighted by molar-refractivity contribution is 5.69. The lowest BCUT2D eigenvalue weighted by Crippen LogP contribution is -2.19. The van der Waals surface area contributed by atoms with Crippen molar-refractivity contribution in [3.05, 3.63) is 0 Å². The van der Waals surface area contributed by atoms with Gasteiger partial charge in [0.1, 0.15) is 0 Å². The first-order valence-corrected chi connectivity index (χ1v) is 23.1. The molecule has 5 heteroatoms. The number of unbranched alkanes of at least 4 members (excludes halogenated alkanes) is 13. The molecule has 316 valence electrons. The molecule has 0 aliphatic heterocycles. The van der Waals surface area contributed by atoms with Gasteiger partial charge in [-0.1, -0.05) is 159 Å². The summed E-state index contributed by atoms with van der Waals surface area (Å²) in [6, 6.07) is 0. The van der Waals surface area contributed by atoms with Gasteiger partial charge < -0.3 is 14.4 Å². The molecule has 53 heavy (non-hydrogen) atoms. The zero-order valence-electron chi connectivity index (χ0n) is 37.8. The Morgan fingerprint density at radius 1 is 0.472 bits per heavy atom. The lowest BCUT2D eigenvalue weighted by molar-refractivity contribution is -0.146. The van der Waals surface area contributed by atoms with Gasteiger partial charge in [-0.2, -0.15) is 0 Å². The fourth-order valence-electron chi connectivity index (χ4n) is 7.62. The van der Waals surface area contributed by atoms with Crippen LogP contribution in [0.2, 0.25) is 0 Å². The summed E-state index contributed by atoms with van der Waals surface area (Å²) in [6.45, 7) is 23.0. The predicted octanol–water partition coefficient (Wildman–Crippen LogP) is 14.2. The van der Waals surface area contributed by atoms with Crippen molar-refractivity contribution in [2.75, 3.05) is 33.9 Å². The number of hydrogen-bond donors (Lipinski definition) is 0. The minimum Gasteiger partial charge on any atom is -0.465 e. The smallest absolute Gasteiger partial charge is 0.305 e. The summed E-state index contributed by atoms with van der Waals surface area (Å²) in [5.41, 5.74) is 0.472. The summed E-state index contributed by atoms with van der Waals surface area (Å²) < 4.78 is 11.4. The first-order valence-electron chi connectivity index (χ1n) is 23.1. The SMILES string of the molecule is CC(C)CCC(COC(=O)CCCCCCCCCC(C)(CCCCCCCCCC(=O)OCC(CCC(C)C)C(C)C)CCCCN(C)C)C(C)C. The maximum Gasteiger partial charge on any atom is 0.305 e. The molecule has 0 aromatic heterocycles. The average molecular weight is 750 g/mol. The van der Waals surface area contributed by atoms with Crippen molar-refractivity contribution < 1.29 is 19.1 Å². The van der Waals surface area contributed by atoms with E-state index in [1.54, 1.807) is 0 Å². The minimum absolute atomic E-state index is 0.00184. The van der Waals surface area contributed by atoms with Crippen LogP contribution in [0.5, 0.6) is 0 Å². The molecule has 0 aliphatic carbocycles. The highest BCUT2D eigenvalue weighted by atomic mass is 16.5. The Hall–Kier alpha value is -1.10. The number of carbonyl (C=O) groups is 2. The molecule has 0 heterocycles. The normalized spacial score (nSPS) is 14.4. The molecular formula is C48H95NO4. The van der Waals surface area contributed by atoms with Crippen molar-refractivity contribution in [2.24, 2.45) is 40.9 Å². The van der Waals surface area contributed by atoms with E-state index in [-0.39, 0.29) is 11.9 Å². The monoisotopic (exact) mass is 750 g/mol. The van der Waals surface area contributed by atoms with Crippen molar-refractivity contribution in [1.29, 1.82) is 0 Å². The number of hydrogen-bond acceptors (Lipinski definition) is 5. The van der Waals surface area contributed by atoms with Gasteiger partial charge in [0.05, 0.1) is 13.2 Å². The maximum absolute atomic E-state index is 12.3. The fraction of sp³-hybridized carbons (Fsp3) is 0.958. The van der Waals surface area contributed by atoms with E-state index in [9.17, 15) is 9.59 Å². The van der Waals surface area contributed by atoms with Gasteiger partial charge >= 0.3 is 11.9 Å². The molecule has 0 rings (SSSR count). The molecule has 2 unspecified atom stereocenters. The Labute approximate surface area is 332 Å². The van der Waals surface area contributed by atoms with E-state index in [4.69, 9.17) is 9.47 Å². The highest BCUT2D eigenvalue weighted by Gasteiger charge is 2.23. The molecule has 0 radical (unpaired) electrons. The standard InChI is InChI=1S/C48H95NO4/c1-40(2)30-32-44(42(5)6)38-52-46(50)28-22-18-14-12-16-20-24-34-48(9,36-26-27-37-49(10)11)35-25-21-17-13-15-19-23-29-47(51)53-39-45(43(7)8)33-31-41(3)4/h40-45H,12-39H2,1-11H3. The van der Waals surface area contributed by atoms with Gasteiger partial charge in [-0.3, -0.25) is 9.59 Å². The van der Waals surface area contributed by atoms with Crippen molar-refractivity contribution >= 4 is 11.9 Å². The summed E-state index contributed by atoms with van der Waals surface area (Å²) in [7, 11) is 4.37. The Morgan fingerprint density at radius 2 is 0.792 bits per heavy atom. The number of carbonyl (C=O) groups excluding carboxylic acids is 2. The van der Waals surface area contributed by atoms with Crippen LogP contribution >= 0.6 is 0 Å². The highest BCUT2D eigenvalue weighted by Crippen LogP contribution is 2.36. The topological polar surface area (TPSA) is 55.8 Å². The number of esters is 2. The zero-order valence-corrected chi connectivity index (χ0v) is 37.8. The van der Waals surface area contributed by atoms with E-state index < -0.39 is 0 Å². The van der Waals surface area contributed by atoms with Gasteiger partial charge in [-0.15, -0.1) is 0 Å². The van der Waals surface area contributed by atoms with Crippen LogP contribution in [-0.4, -0.2) is 50.7 Å². The summed E-state index contributed by atoms with van der Waals surface area (Å²) in [4.78, 5) is 27.0. The van der Waals surface area contributed by atoms with Gasteiger partial charge in [-0.05, 0) is 113 Å². The molecule has 0 aromatic rings. The van der Waals surface area contributed by atoms with Crippen molar-refractivity contribution in [3.8, 4) is 0 Å². The Bertz CT molecular complexity index is 792. The average Bonchev–Trinajstić information content (AvgIpc) is 3.08. The van der Waals surface area contributed by atoms with Crippen LogP contribution in [0, 0.1) is 40.9 Å². The van der Waals surface area contributed by atoms with E-state index in [0.717, 1.165) is 38.5 Å². The first-order chi connectivity index (χ1) is 25.1. The molecule has 0 aromatic carbocycles. The van der Waals surface area contributed by atoms with Crippen LogP contribution < -0.4 is 0 Å². The maximum atomic E-state index is 12.3. The van der Waals surface area contributed by atoms with E-state index in [0.29, 0.717) is 67.0 Å². The largest absolute Gasteiger partial charge is 0.465 e. The quantitative estimate of drug-likeness (QED) is 0.0467. The van der Waals surface area contributed by atoms with Crippen molar-refractivity contribution in [3.63, 3.8) is 0 Å². The third-order valence-electron chi connectivity index (χ3n) is 12.0. The minimum atomic E-state index is 0.00184. The Balaban J connectivity index is 4.20. The Morgan fingerprint density at radius 3 is 1.11 bits per heavy atom. The van der Waals surface area contributed by atoms with Gasteiger partial charge in [0.2, 0.25) is 0 Å². The molecule has 5 nitrogen and oxygen atoms in total. The number of rotatable bonds is 37. The molecule has 0 saturated heterocycles. The summed E-state index contributed by atoms with van der Waals surface area (Å²) in [5, 5.41) is 0. The van der Waals surface area contributed by atoms with Crippen LogP contribution in [0.25, 0.3) is 0 Å². The van der Waals surface area contributed by atoms with Crippen LogP contribution in [0.4, 0.5) is 0 Å². The molecule has 2 atom stereocenters. The molecule has 0 amide bonds. The molecule has 0 aliphatic rings. The fourth-order valence-corrected chi connectivity index (χ4v) is 7.62. The zero-order chi connectivity index (χ0) is 39.9. The van der Waals surface area contributed by atoms with Crippen LogP contribution in [0.3, 0.4) is 0 Å². The molecule has 0 fully saturated rings. The van der Waals surface area contributed by atoms with E-state index in [1.807, 2.05) is 0 Å². The Kier molecular flexibility index (Phi) is 32.4. The van der Waals surface area contributed by atoms with E-state index in [1.165, 1.54) is 116 Å². The first kappa shape index (κ1) is 51.9. The number of ether oxygens (including phenoxy) is 2. The van der Waals surface area contributed by atoms with Gasteiger partial charge in [0.25, 0.3) is 0 Å². The predicted molar refractivity (Wildman–Crippen MR) is 230 cm³/mol. The summed E-state index contributed by atoms with van der Waals surface area (Å²) in [6.07, 6.45) is 29.9. The van der Waals surface area contributed by atoms with Crippen LogP contribution in [0.15, 0.2) is 0 Å². The second-order valence-electron chi connectivity index (χ2n) is 19.3. The third-order valence-corrected chi connectivity index (χ3v) is 12.0. The van der Waals surface area contributed by atoms with Gasteiger partial charge in [0.15, 0.2) is 0 Å². The summed E-state index contributed by atoms with van der Waals surface area (Å²) in [5.74, 6) is 3.51. The lowest BCUT2D eigenvalue weighted by Gasteiger charge is -2.30. The second kappa shape index (κ2) is 33.1. The van der Waals surface area contributed by atoms with Gasteiger partial charge in [-0.25, -0.2) is 0 Å². The molecule has 0 N–H and O–H groups in total. The second-order valence-corrected chi connectivity index (χ2v) is 19.3. The third kappa shape index (κ3) is 32.8. The van der Waals surface area contributed by atoms with E-state index in [2.05, 4.69) is 81.3 Å². The van der Waals surface area contributed by atoms with Crippen LogP contribution in [0.1, 0.15) is 223 Å². The van der Waals surface area contributed by atoms with Gasteiger partial charge in [0, 0.05) is 12.8 Å².